The lowest BCUT2D eigenvalue weighted by Gasteiger charge is -2.12. The molecule has 0 atom stereocenters. The Hall–Kier alpha value is -2.63. The summed E-state index contributed by atoms with van der Waals surface area (Å²) >= 11 is 0. The number of aromatic nitrogens is 2. The van der Waals surface area contributed by atoms with E-state index in [1.807, 2.05) is 19.1 Å². The summed E-state index contributed by atoms with van der Waals surface area (Å²) in [5, 5.41) is 4.15. The van der Waals surface area contributed by atoms with E-state index >= 15 is 0 Å². The first kappa shape index (κ1) is 15.8. The topological polar surface area (TPSA) is 70.4 Å². The molecule has 2 aromatic rings. The number of aryl methyl sites for hydroxylation is 1. The second-order valence-electron chi connectivity index (χ2n) is 4.55. The van der Waals surface area contributed by atoms with E-state index in [9.17, 15) is 9.59 Å². The van der Waals surface area contributed by atoms with Crippen LogP contribution in [-0.4, -0.2) is 29.0 Å². The molecule has 0 aliphatic carbocycles. The number of esters is 1. The lowest BCUT2D eigenvalue weighted by atomic mass is 10.2. The van der Waals surface area contributed by atoms with Gasteiger partial charge in [-0.05, 0) is 32.4 Å². The standard InChI is InChI=1S/C16H18N2O4/c1-4-21-13-10-14(19)18(12-9-7-6-8-11(12)3)17-15(13)16(20)22-5-2/h6-10H,4-5H2,1-3H3. The van der Waals surface area contributed by atoms with Gasteiger partial charge in [-0.3, -0.25) is 4.79 Å². The monoisotopic (exact) mass is 302 g/mol. The van der Waals surface area contributed by atoms with Crippen molar-refractivity contribution in [1.29, 1.82) is 0 Å². The van der Waals surface area contributed by atoms with Gasteiger partial charge in [-0.15, -0.1) is 0 Å². The molecule has 0 N–H and O–H groups in total. The van der Waals surface area contributed by atoms with E-state index < -0.39 is 5.97 Å². The molecule has 0 aliphatic heterocycles. The smallest absolute Gasteiger partial charge is 0.362 e. The van der Waals surface area contributed by atoms with Crippen LogP contribution in [0.2, 0.25) is 0 Å². The van der Waals surface area contributed by atoms with Gasteiger partial charge in [0.2, 0.25) is 5.69 Å². The fraction of sp³-hybridized carbons (Fsp3) is 0.312. The van der Waals surface area contributed by atoms with E-state index in [0.29, 0.717) is 12.3 Å². The van der Waals surface area contributed by atoms with Gasteiger partial charge in [0.05, 0.1) is 25.0 Å². The van der Waals surface area contributed by atoms with Crippen LogP contribution in [0.3, 0.4) is 0 Å². The fourth-order valence-corrected chi connectivity index (χ4v) is 2.02. The van der Waals surface area contributed by atoms with Crippen molar-refractivity contribution >= 4 is 5.97 Å². The molecule has 0 saturated heterocycles. The summed E-state index contributed by atoms with van der Waals surface area (Å²) in [5.74, 6) is -0.482. The van der Waals surface area contributed by atoms with Crippen molar-refractivity contribution in [2.24, 2.45) is 0 Å². The van der Waals surface area contributed by atoms with Crippen LogP contribution >= 0.6 is 0 Å². The van der Waals surface area contributed by atoms with Crippen LogP contribution < -0.4 is 10.3 Å². The fourth-order valence-electron chi connectivity index (χ4n) is 2.02. The second-order valence-corrected chi connectivity index (χ2v) is 4.55. The van der Waals surface area contributed by atoms with Gasteiger partial charge >= 0.3 is 5.97 Å². The zero-order chi connectivity index (χ0) is 16.1. The molecule has 116 valence electrons. The first-order valence-electron chi connectivity index (χ1n) is 7.08. The Morgan fingerprint density at radius 2 is 1.95 bits per heavy atom. The molecule has 6 nitrogen and oxygen atoms in total. The highest BCUT2D eigenvalue weighted by atomic mass is 16.5. The molecule has 0 saturated carbocycles. The number of carbonyl (C=O) groups is 1. The number of carbonyl (C=O) groups excluding carboxylic acids is 1. The van der Waals surface area contributed by atoms with Gasteiger partial charge in [-0.2, -0.15) is 9.78 Å². The average molecular weight is 302 g/mol. The summed E-state index contributed by atoms with van der Waals surface area (Å²) in [7, 11) is 0. The highest BCUT2D eigenvalue weighted by molar-refractivity contribution is 5.90. The lowest BCUT2D eigenvalue weighted by Crippen LogP contribution is -2.25. The molecule has 2 rings (SSSR count). The van der Waals surface area contributed by atoms with Crippen molar-refractivity contribution in [2.45, 2.75) is 20.8 Å². The second kappa shape index (κ2) is 6.89. The van der Waals surface area contributed by atoms with Crippen LogP contribution in [-0.2, 0) is 4.74 Å². The maximum absolute atomic E-state index is 12.3. The molecular formula is C16H18N2O4. The van der Waals surface area contributed by atoms with Gasteiger partial charge < -0.3 is 9.47 Å². The highest BCUT2D eigenvalue weighted by Crippen LogP contribution is 2.17. The number of benzene rings is 1. The lowest BCUT2D eigenvalue weighted by molar-refractivity contribution is 0.0512. The number of rotatable bonds is 5. The number of hydrogen-bond donors (Lipinski definition) is 0. The minimum atomic E-state index is -0.617. The minimum Gasteiger partial charge on any atom is -0.491 e. The van der Waals surface area contributed by atoms with Crippen LogP contribution in [0.5, 0.6) is 5.75 Å². The Bertz CT molecular complexity index is 737. The van der Waals surface area contributed by atoms with E-state index in [-0.39, 0.29) is 23.6 Å². The van der Waals surface area contributed by atoms with Gasteiger partial charge in [0.1, 0.15) is 0 Å². The number of hydrogen-bond acceptors (Lipinski definition) is 5. The Labute approximate surface area is 128 Å². The van der Waals surface area contributed by atoms with E-state index in [2.05, 4.69) is 5.10 Å². The number of nitrogens with zero attached hydrogens (tertiary/aromatic N) is 2. The third kappa shape index (κ3) is 3.16. The van der Waals surface area contributed by atoms with Crippen LogP contribution in [0.25, 0.3) is 5.69 Å². The molecule has 0 spiro atoms. The summed E-state index contributed by atoms with van der Waals surface area (Å²) in [5.41, 5.74) is 1.11. The third-order valence-corrected chi connectivity index (χ3v) is 3.01. The molecular weight excluding hydrogens is 284 g/mol. The van der Waals surface area contributed by atoms with Crippen molar-refractivity contribution in [3.05, 3.63) is 51.9 Å². The summed E-state index contributed by atoms with van der Waals surface area (Å²) in [6.07, 6.45) is 0. The maximum atomic E-state index is 12.3. The molecule has 1 aromatic heterocycles. The normalized spacial score (nSPS) is 10.3. The van der Waals surface area contributed by atoms with Gasteiger partial charge in [-0.1, -0.05) is 18.2 Å². The molecule has 0 amide bonds. The van der Waals surface area contributed by atoms with Crippen molar-refractivity contribution < 1.29 is 14.3 Å². The van der Waals surface area contributed by atoms with Crippen molar-refractivity contribution in [3.8, 4) is 11.4 Å². The molecule has 0 radical (unpaired) electrons. The summed E-state index contributed by atoms with van der Waals surface area (Å²) in [6, 6.07) is 8.56. The first-order valence-corrected chi connectivity index (χ1v) is 7.08. The largest absolute Gasteiger partial charge is 0.491 e. The van der Waals surface area contributed by atoms with E-state index in [0.717, 1.165) is 5.56 Å². The Kier molecular flexibility index (Phi) is 4.93. The van der Waals surface area contributed by atoms with E-state index in [1.165, 1.54) is 10.7 Å². The van der Waals surface area contributed by atoms with Gasteiger partial charge in [0, 0.05) is 0 Å². The first-order chi connectivity index (χ1) is 10.6. The third-order valence-electron chi connectivity index (χ3n) is 3.01. The molecule has 0 bridgehead atoms. The molecule has 6 heteroatoms. The number of para-hydroxylation sites is 1. The maximum Gasteiger partial charge on any atom is 0.362 e. The molecule has 0 aliphatic rings. The van der Waals surface area contributed by atoms with Crippen molar-refractivity contribution in [3.63, 3.8) is 0 Å². The average Bonchev–Trinajstić information content (AvgIpc) is 2.49. The van der Waals surface area contributed by atoms with Gasteiger partial charge in [0.15, 0.2) is 5.75 Å². The zero-order valence-corrected chi connectivity index (χ0v) is 12.8. The SMILES string of the molecule is CCOC(=O)c1nn(-c2ccccc2C)c(=O)cc1OCC. The van der Waals surface area contributed by atoms with E-state index in [1.54, 1.807) is 26.0 Å². The Morgan fingerprint density at radius 3 is 2.59 bits per heavy atom. The number of ether oxygens (including phenoxy) is 2. The zero-order valence-electron chi connectivity index (χ0n) is 12.8. The summed E-state index contributed by atoms with van der Waals surface area (Å²) in [6.45, 7) is 5.87. The predicted molar refractivity (Wildman–Crippen MR) is 81.7 cm³/mol. The van der Waals surface area contributed by atoms with Crippen LogP contribution in [0.4, 0.5) is 0 Å². The van der Waals surface area contributed by atoms with Gasteiger partial charge in [0.25, 0.3) is 5.56 Å². The summed E-state index contributed by atoms with van der Waals surface area (Å²) < 4.78 is 11.5. The minimum absolute atomic E-state index is 0.00782. The van der Waals surface area contributed by atoms with Crippen LogP contribution in [0.1, 0.15) is 29.9 Å². The Morgan fingerprint density at radius 1 is 1.23 bits per heavy atom. The van der Waals surface area contributed by atoms with Crippen molar-refractivity contribution in [2.75, 3.05) is 13.2 Å². The van der Waals surface area contributed by atoms with Crippen LogP contribution in [0, 0.1) is 6.92 Å². The predicted octanol–water partition coefficient (Wildman–Crippen LogP) is 2.12. The molecule has 1 heterocycles. The molecule has 22 heavy (non-hydrogen) atoms. The molecule has 0 unspecified atom stereocenters. The quantitative estimate of drug-likeness (QED) is 0.791. The highest BCUT2D eigenvalue weighted by Gasteiger charge is 2.19. The summed E-state index contributed by atoms with van der Waals surface area (Å²) in [4.78, 5) is 24.3. The van der Waals surface area contributed by atoms with Crippen molar-refractivity contribution in [1.82, 2.24) is 9.78 Å². The molecule has 1 aromatic carbocycles. The van der Waals surface area contributed by atoms with E-state index in [4.69, 9.17) is 9.47 Å². The molecule has 0 fully saturated rings. The van der Waals surface area contributed by atoms with Crippen LogP contribution in [0.15, 0.2) is 35.1 Å². The van der Waals surface area contributed by atoms with Gasteiger partial charge in [-0.25, -0.2) is 4.79 Å². The Balaban J connectivity index is 2.62.